The minimum atomic E-state index is 0.414. The lowest BCUT2D eigenvalue weighted by atomic mass is 9.92. The summed E-state index contributed by atoms with van der Waals surface area (Å²) >= 11 is 0. The number of anilines is 1. The Morgan fingerprint density at radius 3 is 2.60 bits per heavy atom. The summed E-state index contributed by atoms with van der Waals surface area (Å²) in [5.74, 6) is 1.32. The van der Waals surface area contributed by atoms with E-state index in [2.05, 4.69) is 35.4 Å². The molecule has 0 spiro atoms. The van der Waals surface area contributed by atoms with Gasteiger partial charge in [-0.15, -0.1) is 0 Å². The summed E-state index contributed by atoms with van der Waals surface area (Å²) in [5, 5.41) is 4.61. The number of aryl methyl sites for hydroxylation is 2. The predicted octanol–water partition coefficient (Wildman–Crippen LogP) is 2.74. The third-order valence-electron chi connectivity index (χ3n) is 4.90. The molecule has 1 saturated carbocycles. The fourth-order valence-corrected chi connectivity index (χ4v) is 3.21. The van der Waals surface area contributed by atoms with Crippen molar-refractivity contribution in [3.63, 3.8) is 0 Å². The molecular weight excluding hydrogens is 250 g/mol. The second kappa shape index (κ2) is 4.50. The standard InChI is InChI=1S/C15H25N5/c1-5-6-11-12-13(19(4)18-11)20(14(16)17-12)9-15(7-8-15)10(2)3/h10H,5-9H2,1-4H3,(H2,16,17). The Balaban J connectivity index is 2.05. The molecule has 0 aromatic carbocycles. The third kappa shape index (κ3) is 1.91. The Hall–Kier alpha value is -1.52. The van der Waals surface area contributed by atoms with E-state index in [1.807, 2.05) is 11.7 Å². The normalized spacial score (nSPS) is 17.2. The van der Waals surface area contributed by atoms with E-state index in [0.29, 0.717) is 17.3 Å². The van der Waals surface area contributed by atoms with Crippen LogP contribution in [0, 0.1) is 11.3 Å². The number of nitrogens with two attached hydrogens (primary N) is 1. The molecule has 2 aromatic rings. The highest BCUT2D eigenvalue weighted by Gasteiger charge is 2.46. The maximum absolute atomic E-state index is 6.18. The van der Waals surface area contributed by atoms with Crippen molar-refractivity contribution in [3.8, 4) is 0 Å². The highest BCUT2D eigenvalue weighted by Crippen LogP contribution is 2.53. The zero-order valence-corrected chi connectivity index (χ0v) is 13.0. The Morgan fingerprint density at radius 2 is 2.05 bits per heavy atom. The Kier molecular flexibility index (Phi) is 3.03. The molecule has 0 bridgehead atoms. The van der Waals surface area contributed by atoms with Gasteiger partial charge in [0.2, 0.25) is 5.95 Å². The van der Waals surface area contributed by atoms with Crippen LogP contribution in [0.5, 0.6) is 0 Å². The third-order valence-corrected chi connectivity index (χ3v) is 4.90. The second-order valence-corrected chi connectivity index (χ2v) is 6.57. The van der Waals surface area contributed by atoms with Crippen LogP contribution < -0.4 is 5.73 Å². The van der Waals surface area contributed by atoms with E-state index in [1.165, 1.54) is 12.8 Å². The first-order valence-electron chi connectivity index (χ1n) is 7.66. The van der Waals surface area contributed by atoms with Crippen molar-refractivity contribution >= 4 is 17.1 Å². The summed E-state index contributed by atoms with van der Waals surface area (Å²) in [5.41, 5.74) is 9.74. The van der Waals surface area contributed by atoms with Gasteiger partial charge in [-0.2, -0.15) is 5.10 Å². The first kappa shape index (κ1) is 13.5. The van der Waals surface area contributed by atoms with Gasteiger partial charge in [0, 0.05) is 13.6 Å². The van der Waals surface area contributed by atoms with Gasteiger partial charge >= 0.3 is 0 Å². The lowest BCUT2D eigenvalue weighted by Crippen LogP contribution is -2.19. The summed E-state index contributed by atoms with van der Waals surface area (Å²) in [7, 11) is 1.99. The van der Waals surface area contributed by atoms with Gasteiger partial charge in [-0.05, 0) is 30.6 Å². The van der Waals surface area contributed by atoms with Crippen molar-refractivity contribution in [2.24, 2.45) is 18.4 Å². The smallest absolute Gasteiger partial charge is 0.202 e. The highest BCUT2D eigenvalue weighted by molar-refractivity contribution is 5.77. The van der Waals surface area contributed by atoms with Crippen LogP contribution in [0.1, 0.15) is 45.7 Å². The van der Waals surface area contributed by atoms with Crippen LogP contribution in [0.3, 0.4) is 0 Å². The van der Waals surface area contributed by atoms with Gasteiger partial charge in [0.25, 0.3) is 0 Å². The minimum absolute atomic E-state index is 0.414. The summed E-state index contributed by atoms with van der Waals surface area (Å²) in [6.45, 7) is 7.75. The number of fused-ring (bicyclic) bond motifs is 1. The van der Waals surface area contributed by atoms with Crippen LogP contribution in [-0.2, 0) is 20.0 Å². The zero-order valence-electron chi connectivity index (χ0n) is 13.0. The van der Waals surface area contributed by atoms with Gasteiger partial charge in [0.1, 0.15) is 5.52 Å². The van der Waals surface area contributed by atoms with E-state index in [-0.39, 0.29) is 0 Å². The number of hydrogen-bond acceptors (Lipinski definition) is 3. The molecule has 1 aliphatic carbocycles. The second-order valence-electron chi connectivity index (χ2n) is 6.57. The molecular formula is C15H25N5. The van der Waals surface area contributed by atoms with Crippen LogP contribution in [-0.4, -0.2) is 19.3 Å². The SMILES string of the molecule is CCCc1nn(C)c2c1nc(N)n2CC1(C(C)C)CC1. The van der Waals surface area contributed by atoms with E-state index < -0.39 is 0 Å². The molecule has 0 unspecified atom stereocenters. The number of nitrogen functional groups attached to an aromatic ring is 1. The molecule has 20 heavy (non-hydrogen) atoms. The fourth-order valence-electron chi connectivity index (χ4n) is 3.21. The van der Waals surface area contributed by atoms with E-state index in [1.54, 1.807) is 0 Å². The molecule has 0 aliphatic heterocycles. The predicted molar refractivity (Wildman–Crippen MR) is 81.4 cm³/mol. The van der Waals surface area contributed by atoms with Gasteiger partial charge in [-0.3, -0.25) is 9.25 Å². The van der Waals surface area contributed by atoms with Crippen molar-refractivity contribution in [1.29, 1.82) is 0 Å². The molecule has 0 radical (unpaired) electrons. The van der Waals surface area contributed by atoms with Crippen LogP contribution in [0.2, 0.25) is 0 Å². The van der Waals surface area contributed by atoms with Gasteiger partial charge in [-0.25, -0.2) is 4.98 Å². The molecule has 110 valence electrons. The summed E-state index contributed by atoms with van der Waals surface area (Å²) in [6.07, 6.45) is 4.63. The minimum Gasteiger partial charge on any atom is -0.369 e. The maximum Gasteiger partial charge on any atom is 0.202 e. The lowest BCUT2D eigenvalue weighted by molar-refractivity contribution is 0.312. The van der Waals surface area contributed by atoms with Gasteiger partial charge in [0.15, 0.2) is 5.65 Å². The average Bonchev–Trinajstić information content (AvgIpc) is 3.02. The fraction of sp³-hybridized carbons (Fsp3) is 0.733. The molecule has 1 fully saturated rings. The van der Waals surface area contributed by atoms with Crippen LogP contribution in [0.15, 0.2) is 0 Å². The molecule has 2 N–H and O–H groups in total. The average molecular weight is 275 g/mol. The Morgan fingerprint density at radius 1 is 1.35 bits per heavy atom. The zero-order chi connectivity index (χ0) is 14.5. The maximum atomic E-state index is 6.18. The molecule has 3 rings (SSSR count). The van der Waals surface area contributed by atoms with Crippen molar-refractivity contribution < 1.29 is 0 Å². The van der Waals surface area contributed by atoms with Crippen molar-refractivity contribution in [3.05, 3.63) is 5.69 Å². The summed E-state index contributed by atoms with van der Waals surface area (Å²) in [6, 6.07) is 0. The van der Waals surface area contributed by atoms with Gasteiger partial charge in [-0.1, -0.05) is 27.2 Å². The highest BCUT2D eigenvalue weighted by atomic mass is 15.3. The summed E-state index contributed by atoms with van der Waals surface area (Å²) < 4.78 is 4.12. The topological polar surface area (TPSA) is 61.7 Å². The number of nitrogens with zero attached hydrogens (tertiary/aromatic N) is 4. The largest absolute Gasteiger partial charge is 0.369 e. The molecule has 2 heterocycles. The Bertz CT molecular complexity index is 630. The van der Waals surface area contributed by atoms with Crippen molar-refractivity contribution in [2.75, 3.05) is 5.73 Å². The molecule has 5 nitrogen and oxygen atoms in total. The number of rotatable bonds is 5. The number of hydrogen-bond donors (Lipinski definition) is 1. The molecule has 0 amide bonds. The molecule has 5 heteroatoms. The Labute approximate surface area is 120 Å². The molecule has 2 aromatic heterocycles. The van der Waals surface area contributed by atoms with Crippen LogP contribution >= 0.6 is 0 Å². The van der Waals surface area contributed by atoms with E-state index >= 15 is 0 Å². The van der Waals surface area contributed by atoms with Crippen molar-refractivity contribution in [2.45, 2.75) is 53.0 Å². The van der Waals surface area contributed by atoms with E-state index in [4.69, 9.17) is 5.73 Å². The van der Waals surface area contributed by atoms with E-state index in [9.17, 15) is 0 Å². The quantitative estimate of drug-likeness (QED) is 0.912. The first-order valence-corrected chi connectivity index (χ1v) is 7.66. The molecule has 1 aliphatic rings. The molecule has 0 atom stereocenters. The van der Waals surface area contributed by atoms with E-state index in [0.717, 1.165) is 36.2 Å². The van der Waals surface area contributed by atoms with Crippen LogP contribution in [0.4, 0.5) is 5.95 Å². The molecule has 0 saturated heterocycles. The van der Waals surface area contributed by atoms with Crippen LogP contribution in [0.25, 0.3) is 11.2 Å². The van der Waals surface area contributed by atoms with Gasteiger partial charge in [0.05, 0.1) is 5.69 Å². The summed E-state index contributed by atoms with van der Waals surface area (Å²) in [4.78, 5) is 4.58. The van der Waals surface area contributed by atoms with Gasteiger partial charge < -0.3 is 5.73 Å². The number of imidazole rings is 1. The van der Waals surface area contributed by atoms with Crippen molar-refractivity contribution in [1.82, 2.24) is 19.3 Å². The number of aromatic nitrogens is 4. The monoisotopic (exact) mass is 275 g/mol. The lowest BCUT2D eigenvalue weighted by Gasteiger charge is -2.21. The first-order chi connectivity index (χ1) is 9.48.